The van der Waals surface area contributed by atoms with Gasteiger partial charge in [-0.2, -0.15) is 0 Å². The lowest BCUT2D eigenvalue weighted by Gasteiger charge is -1.96. The maximum absolute atomic E-state index is 5.87. The van der Waals surface area contributed by atoms with Crippen molar-refractivity contribution in [2.75, 3.05) is 0 Å². The molecule has 2 aromatic carbocycles. The zero-order chi connectivity index (χ0) is 14.7. The van der Waals surface area contributed by atoms with Gasteiger partial charge in [0.2, 0.25) is 5.13 Å². The standard InChI is InChI=1S/C17H13ClN2S/c1-12-16(14-5-3-2-4-6-14)20-17(21-12)19-11-13-7-9-15(18)10-8-13/h2-11H,1H3. The molecule has 1 heterocycles. The summed E-state index contributed by atoms with van der Waals surface area (Å²) in [6, 6.07) is 17.7. The molecule has 0 saturated carbocycles. The molecular formula is C17H13ClN2S. The Labute approximate surface area is 132 Å². The molecular weight excluding hydrogens is 300 g/mol. The second-order valence-corrected chi connectivity index (χ2v) is 6.20. The molecule has 0 bridgehead atoms. The fourth-order valence-electron chi connectivity index (χ4n) is 1.98. The molecule has 0 aliphatic carbocycles. The minimum atomic E-state index is 0.726. The summed E-state index contributed by atoms with van der Waals surface area (Å²) < 4.78 is 0. The van der Waals surface area contributed by atoms with Gasteiger partial charge in [-0.25, -0.2) is 9.98 Å². The number of aryl methyl sites for hydroxylation is 1. The average Bonchev–Trinajstić information content (AvgIpc) is 2.89. The molecule has 0 radical (unpaired) electrons. The number of hydrogen-bond acceptors (Lipinski definition) is 3. The number of rotatable bonds is 3. The molecule has 0 unspecified atom stereocenters. The Morgan fingerprint density at radius 1 is 1.05 bits per heavy atom. The molecule has 21 heavy (non-hydrogen) atoms. The Morgan fingerprint density at radius 3 is 2.48 bits per heavy atom. The number of hydrogen-bond donors (Lipinski definition) is 0. The van der Waals surface area contributed by atoms with E-state index in [0.29, 0.717) is 0 Å². The third-order valence-electron chi connectivity index (χ3n) is 3.03. The van der Waals surface area contributed by atoms with Crippen LogP contribution in [0.25, 0.3) is 11.3 Å². The summed E-state index contributed by atoms with van der Waals surface area (Å²) in [6.45, 7) is 2.07. The van der Waals surface area contributed by atoms with Crippen molar-refractivity contribution in [3.05, 3.63) is 70.1 Å². The number of thiazole rings is 1. The molecule has 0 aliphatic rings. The summed E-state index contributed by atoms with van der Waals surface area (Å²) in [7, 11) is 0. The van der Waals surface area contributed by atoms with E-state index in [1.807, 2.05) is 48.7 Å². The molecule has 0 atom stereocenters. The van der Waals surface area contributed by atoms with Crippen LogP contribution in [0.1, 0.15) is 10.4 Å². The van der Waals surface area contributed by atoms with Crippen molar-refractivity contribution in [2.24, 2.45) is 4.99 Å². The van der Waals surface area contributed by atoms with Crippen molar-refractivity contribution >= 4 is 34.3 Å². The summed E-state index contributed by atoms with van der Waals surface area (Å²) in [6.07, 6.45) is 1.81. The lowest BCUT2D eigenvalue weighted by molar-refractivity contribution is 1.34. The Hall–Kier alpha value is -1.97. The Morgan fingerprint density at radius 2 is 1.76 bits per heavy atom. The van der Waals surface area contributed by atoms with Gasteiger partial charge in [0, 0.05) is 21.7 Å². The summed E-state index contributed by atoms with van der Waals surface area (Å²) in [5, 5.41) is 1.49. The molecule has 0 fully saturated rings. The van der Waals surface area contributed by atoms with E-state index in [-0.39, 0.29) is 0 Å². The largest absolute Gasteiger partial charge is 0.227 e. The van der Waals surface area contributed by atoms with E-state index < -0.39 is 0 Å². The van der Waals surface area contributed by atoms with Crippen molar-refractivity contribution in [3.63, 3.8) is 0 Å². The number of aliphatic imine (C=N–C) groups is 1. The second-order valence-electron chi connectivity index (χ2n) is 4.58. The van der Waals surface area contributed by atoms with Crippen molar-refractivity contribution < 1.29 is 0 Å². The quantitative estimate of drug-likeness (QED) is 0.584. The van der Waals surface area contributed by atoms with Crippen molar-refractivity contribution in [1.82, 2.24) is 4.98 Å². The van der Waals surface area contributed by atoms with Crippen LogP contribution in [0.4, 0.5) is 5.13 Å². The van der Waals surface area contributed by atoms with Crippen molar-refractivity contribution in [2.45, 2.75) is 6.92 Å². The topological polar surface area (TPSA) is 25.2 Å². The van der Waals surface area contributed by atoms with Gasteiger partial charge in [-0.05, 0) is 24.6 Å². The van der Waals surface area contributed by atoms with Gasteiger partial charge in [-0.3, -0.25) is 0 Å². The number of halogens is 1. The zero-order valence-electron chi connectivity index (χ0n) is 11.5. The van der Waals surface area contributed by atoms with Crippen LogP contribution in [0.5, 0.6) is 0 Å². The molecule has 4 heteroatoms. The minimum Gasteiger partial charge on any atom is -0.227 e. The third kappa shape index (κ3) is 3.38. The second kappa shape index (κ2) is 6.20. The highest BCUT2D eigenvalue weighted by molar-refractivity contribution is 7.15. The van der Waals surface area contributed by atoms with Crippen LogP contribution < -0.4 is 0 Å². The van der Waals surface area contributed by atoms with Gasteiger partial charge in [0.15, 0.2) is 0 Å². The predicted molar refractivity (Wildman–Crippen MR) is 91.0 cm³/mol. The molecule has 1 aromatic heterocycles. The number of nitrogens with zero attached hydrogens (tertiary/aromatic N) is 2. The maximum atomic E-state index is 5.87. The molecule has 0 spiro atoms. The van der Waals surface area contributed by atoms with Gasteiger partial charge in [-0.1, -0.05) is 65.4 Å². The lowest BCUT2D eigenvalue weighted by Crippen LogP contribution is -1.80. The molecule has 0 N–H and O–H groups in total. The van der Waals surface area contributed by atoms with Crippen molar-refractivity contribution in [3.8, 4) is 11.3 Å². The van der Waals surface area contributed by atoms with E-state index in [2.05, 4.69) is 29.0 Å². The molecule has 3 rings (SSSR count). The third-order valence-corrected chi connectivity index (χ3v) is 4.16. The SMILES string of the molecule is Cc1sc(N=Cc2ccc(Cl)cc2)nc1-c1ccccc1. The predicted octanol–water partition coefficient (Wildman–Crippen LogP) is 5.52. The van der Waals surface area contributed by atoms with E-state index >= 15 is 0 Å². The van der Waals surface area contributed by atoms with Gasteiger partial charge in [0.1, 0.15) is 0 Å². The first kappa shape index (κ1) is 14.0. The van der Waals surface area contributed by atoms with Crippen molar-refractivity contribution in [1.29, 1.82) is 0 Å². The Kier molecular flexibility index (Phi) is 4.13. The molecule has 0 amide bonds. The van der Waals surface area contributed by atoms with Crippen LogP contribution in [-0.2, 0) is 0 Å². The van der Waals surface area contributed by atoms with Gasteiger partial charge < -0.3 is 0 Å². The fourth-order valence-corrected chi connectivity index (χ4v) is 2.88. The lowest BCUT2D eigenvalue weighted by atomic mass is 10.1. The van der Waals surface area contributed by atoms with E-state index in [4.69, 9.17) is 11.6 Å². The zero-order valence-corrected chi connectivity index (χ0v) is 13.0. The van der Waals surface area contributed by atoms with Gasteiger partial charge in [0.05, 0.1) is 5.69 Å². The smallest absolute Gasteiger partial charge is 0.209 e. The highest BCUT2D eigenvalue weighted by Crippen LogP contribution is 2.31. The van der Waals surface area contributed by atoms with E-state index in [1.165, 1.54) is 4.88 Å². The Bertz CT molecular complexity index is 761. The van der Waals surface area contributed by atoms with E-state index in [1.54, 1.807) is 11.3 Å². The summed E-state index contributed by atoms with van der Waals surface area (Å²) in [5.41, 5.74) is 3.14. The first-order valence-corrected chi connectivity index (χ1v) is 7.74. The average molecular weight is 313 g/mol. The van der Waals surface area contributed by atoms with Crippen LogP contribution in [-0.4, -0.2) is 11.2 Å². The summed E-state index contributed by atoms with van der Waals surface area (Å²) in [4.78, 5) is 10.2. The summed E-state index contributed by atoms with van der Waals surface area (Å²) in [5.74, 6) is 0. The highest BCUT2D eigenvalue weighted by Gasteiger charge is 2.08. The van der Waals surface area contributed by atoms with Crippen LogP contribution in [0.15, 0.2) is 59.6 Å². The number of aromatic nitrogens is 1. The van der Waals surface area contributed by atoms with Crippen LogP contribution in [0, 0.1) is 6.92 Å². The van der Waals surface area contributed by atoms with E-state index in [0.717, 1.165) is 27.0 Å². The Balaban J connectivity index is 1.86. The highest BCUT2D eigenvalue weighted by atomic mass is 35.5. The maximum Gasteiger partial charge on any atom is 0.209 e. The van der Waals surface area contributed by atoms with Gasteiger partial charge in [0.25, 0.3) is 0 Å². The first-order chi connectivity index (χ1) is 10.2. The molecule has 104 valence electrons. The summed E-state index contributed by atoms with van der Waals surface area (Å²) >= 11 is 7.46. The molecule has 2 nitrogen and oxygen atoms in total. The molecule has 3 aromatic rings. The fraction of sp³-hybridized carbons (Fsp3) is 0.0588. The van der Waals surface area contributed by atoms with Gasteiger partial charge in [-0.15, -0.1) is 0 Å². The van der Waals surface area contributed by atoms with Crippen LogP contribution in [0.2, 0.25) is 5.02 Å². The molecule has 0 aliphatic heterocycles. The van der Waals surface area contributed by atoms with Crippen LogP contribution in [0.3, 0.4) is 0 Å². The number of benzene rings is 2. The van der Waals surface area contributed by atoms with Crippen LogP contribution >= 0.6 is 22.9 Å². The molecule has 0 saturated heterocycles. The first-order valence-electron chi connectivity index (χ1n) is 6.55. The minimum absolute atomic E-state index is 0.726. The van der Waals surface area contributed by atoms with E-state index in [9.17, 15) is 0 Å². The normalized spacial score (nSPS) is 11.1. The van der Waals surface area contributed by atoms with Gasteiger partial charge >= 0.3 is 0 Å². The monoisotopic (exact) mass is 312 g/mol.